The van der Waals surface area contributed by atoms with Gasteiger partial charge in [-0.3, -0.25) is 14.6 Å². The van der Waals surface area contributed by atoms with Crippen molar-refractivity contribution in [1.29, 1.82) is 0 Å². The zero-order chi connectivity index (χ0) is 27.6. The highest BCUT2D eigenvalue weighted by Crippen LogP contribution is 2.34. The van der Waals surface area contributed by atoms with Gasteiger partial charge in [0.25, 0.3) is 5.91 Å². The quantitative estimate of drug-likeness (QED) is 0.244. The molecule has 1 aliphatic rings. The van der Waals surface area contributed by atoms with Crippen molar-refractivity contribution in [2.45, 2.75) is 31.7 Å². The van der Waals surface area contributed by atoms with Crippen molar-refractivity contribution in [2.75, 3.05) is 17.2 Å². The number of ether oxygens (including phenoxy) is 1. The summed E-state index contributed by atoms with van der Waals surface area (Å²) in [6, 6.07) is 11.1. The Morgan fingerprint density at radius 2 is 1.92 bits per heavy atom. The van der Waals surface area contributed by atoms with E-state index in [1.54, 1.807) is 24.3 Å². The van der Waals surface area contributed by atoms with Crippen LogP contribution in [0.15, 0.2) is 54.7 Å². The molecule has 0 saturated carbocycles. The van der Waals surface area contributed by atoms with E-state index in [2.05, 4.69) is 25.3 Å². The summed E-state index contributed by atoms with van der Waals surface area (Å²) in [6.45, 7) is 0.779. The van der Waals surface area contributed by atoms with Gasteiger partial charge < -0.3 is 20.7 Å². The molecule has 0 spiro atoms. The van der Waals surface area contributed by atoms with Gasteiger partial charge in [-0.2, -0.15) is 17.5 Å². The fourth-order valence-electron chi connectivity index (χ4n) is 4.04. The largest absolute Gasteiger partial charge is 0.416 e. The van der Waals surface area contributed by atoms with E-state index in [0.717, 1.165) is 30.1 Å². The number of rotatable bonds is 7. The lowest BCUT2D eigenvalue weighted by Gasteiger charge is -2.12. The van der Waals surface area contributed by atoms with Gasteiger partial charge >= 0.3 is 6.18 Å². The molecule has 1 fully saturated rings. The highest BCUT2D eigenvalue weighted by atomic mass is 35.5. The average molecular weight is 576 g/mol. The minimum atomic E-state index is -4.43. The number of pyridine rings is 1. The highest BCUT2D eigenvalue weighted by Gasteiger charge is 2.30. The molecule has 1 atom stereocenters. The van der Waals surface area contributed by atoms with Gasteiger partial charge in [-0.1, -0.05) is 17.7 Å². The molecule has 5 rings (SSSR count). The van der Waals surface area contributed by atoms with Gasteiger partial charge in [-0.25, -0.2) is 0 Å². The Morgan fingerprint density at radius 1 is 1.13 bits per heavy atom. The molecule has 1 aliphatic heterocycles. The van der Waals surface area contributed by atoms with Crippen molar-refractivity contribution in [1.82, 2.24) is 14.7 Å². The van der Waals surface area contributed by atoms with Gasteiger partial charge in [0.05, 0.1) is 26.5 Å². The summed E-state index contributed by atoms with van der Waals surface area (Å²) in [6.07, 6.45) is -1.87. The second-order valence-electron chi connectivity index (χ2n) is 8.76. The lowest BCUT2D eigenvalue weighted by Crippen LogP contribution is -2.33. The van der Waals surface area contributed by atoms with Gasteiger partial charge in [-0.15, -0.1) is 0 Å². The highest BCUT2D eigenvalue weighted by molar-refractivity contribution is 7.14. The number of aromatic nitrogens is 2. The summed E-state index contributed by atoms with van der Waals surface area (Å²) >= 11 is 7.38. The van der Waals surface area contributed by atoms with Crippen LogP contribution in [0.2, 0.25) is 5.02 Å². The molecule has 2 aromatic heterocycles. The Morgan fingerprint density at radius 3 is 2.64 bits per heavy atom. The lowest BCUT2D eigenvalue weighted by atomic mass is 10.1. The molecule has 2 aromatic carbocycles. The summed E-state index contributed by atoms with van der Waals surface area (Å²) in [5.41, 5.74) is 1.44. The predicted molar refractivity (Wildman–Crippen MR) is 142 cm³/mol. The molecule has 3 heterocycles. The standard InChI is InChI=1S/C26H21ClF3N5O3S/c27-18-8-3-14(13-32-25(37)20-2-1-11-38-20)12-17(18)24(36)34-19-9-10-31-21-22(19)39-35-23(21)33-16-6-4-15(5-7-16)26(28,29)30/h3-10,12,20H,1-2,11,13H2,(H,32,37)(H,33,35)(H,31,34,36)/t20-/m0/s1. The number of hydrogen-bond acceptors (Lipinski definition) is 7. The second-order valence-corrected chi connectivity index (χ2v) is 9.94. The maximum absolute atomic E-state index is 13.1. The van der Waals surface area contributed by atoms with E-state index in [0.29, 0.717) is 46.0 Å². The Hall–Kier alpha value is -3.74. The molecule has 1 saturated heterocycles. The van der Waals surface area contributed by atoms with Crippen LogP contribution in [0.25, 0.3) is 10.2 Å². The van der Waals surface area contributed by atoms with E-state index in [1.165, 1.54) is 18.3 Å². The van der Waals surface area contributed by atoms with Gasteiger partial charge in [0.15, 0.2) is 5.82 Å². The molecule has 0 aliphatic carbocycles. The summed E-state index contributed by atoms with van der Waals surface area (Å²) in [4.78, 5) is 29.7. The number of halogens is 4. The lowest BCUT2D eigenvalue weighted by molar-refractivity contribution is -0.137. The average Bonchev–Trinajstić information content (AvgIpc) is 3.59. The summed E-state index contributed by atoms with van der Waals surface area (Å²) in [5.74, 6) is -0.322. The number of alkyl halides is 3. The third-order valence-electron chi connectivity index (χ3n) is 6.04. The number of nitrogens with one attached hydrogen (secondary N) is 3. The van der Waals surface area contributed by atoms with Crippen molar-refractivity contribution >= 4 is 62.4 Å². The topological polar surface area (TPSA) is 105 Å². The molecule has 0 unspecified atom stereocenters. The first-order valence-corrected chi connectivity index (χ1v) is 13.0. The molecule has 202 valence electrons. The Labute approximate surface area is 229 Å². The molecule has 8 nitrogen and oxygen atoms in total. The summed E-state index contributed by atoms with van der Waals surface area (Å²) < 4.78 is 48.8. The number of amides is 2. The monoisotopic (exact) mass is 575 g/mol. The van der Waals surface area contributed by atoms with Crippen molar-refractivity contribution in [2.24, 2.45) is 0 Å². The minimum absolute atomic E-state index is 0.196. The third kappa shape index (κ3) is 6.13. The van der Waals surface area contributed by atoms with Gasteiger partial charge in [0.2, 0.25) is 5.91 Å². The SMILES string of the molecule is O=C(Nc1ccnc2c(Nc3ccc(C(F)(F)F)cc3)nsc12)c1cc(CNC(=O)[C@@H]2CCCO2)ccc1Cl. The molecular weight excluding hydrogens is 555 g/mol. The van der Waals surface area contributed by atoms with Crippen LogP contribution < -0.4 is 16.0 Å². The first-order chi connectivity index (χ1) is 18.7. The molecular formula is C26H21ClF3N5O3S. The normalized spacial score (nSPS) is 15.3. The van der Waals surface area contributed by atoms with Crippen LogP contribution in [0, 0.1) is 0 Å². The zero-order valence-electron chi connectivity index (χ0n) is 20.1. The Bertz CT molecular complexity index is 1520. The van der Waals surface area contributed by atoms with E-state index >= 15 is 0 Å². The van der Waals surface area contributed by atoms with Crippen LogP contribution in [0.4, 0.5) is 30.4 Å². The zero-order valence-corrected chi connectivity index (χ0v) is 21.7. The van der Waals surface area contributed by atoms with Crippen LogP contribution in [-0.4, -0.2) is 33.9 Å². The molecule has 4 aromatic rings. The molecule has 13 heteroatoms. The number of carbonyl (C=O) groups excluding carboxylic acids is 2. The van der Waals surface area contributed by atoms with Crippen molar-refractivity contribution in [3.63, 3.8) is 0 Å². The van der Waals surface area contributed by atoms with Gasteiger partial charge in [-0.05, 0) is 72.4 Å². The van der Waals surface area contributed by atoms with Crippen LogP contribution in [0.5, 0.6) is 0 Å². The van der Waals surface area contributed by atoms with Gasteiger partial charge in [0.1, 0.15) is 11.6 Å². The smallest absolute Gasteiger partial charge is 0.368 e. The van der Waals surface area contributed by atoms with Crippen molar-refractivity contribution < 1.29 is 27.5 Å². The number of anilines is 3. The number of carbonyl (C=O) groups is 2. The van der Waals surface area contributed by atoms with E-state index in [9.17, 15) is 22.8 Å². The van der Waals surface area contributed by atoms with E-state index < -0.39 is 23.8 Å². The fraction of sp³-hybridized carbons (Fsp3) is 0.231. The van der Waals surface area contributed by atoms with Crippen LogP contribution in [-0.2, 0) is 22.3 Å². The van der Waals surface area contributed by atoms with E-state index in [-0.39, 0.29) is 23.0 Å². The summed E-state index contributed by atoms with van der Waals surface area (Å²) in [5, 5.41) is 8.85. The maximum atomic E-state index is 13.1. The Kier molecular flexibility index (Phi) is 7.69. The molecule has 39 heavy (non-hydrogen) atoms. The number of benzene rings is 2. The van der Waals surface area contributed by atoms with Crippen LogP contribution in [0.3, 0.4) is 0 Å². The molecule has 0 bridgehead atoms. The number of fused-ring (bicyclic) bond motifs is 1. The third-order valence-corrected chi connectivity index (χ3v) is 7.24. The number of hydrogen-bond donors (Lipinski definition) is 3. The van der Waals surface area contributed by atoms with Gasteiger partial charge in [0, 0.05) is 25.0 Å². The van der Waals surface area contributed by atoms with Crippen molar-refractivity contribution in [3.8, 4) is 0 Å². The first kappa shape index (κ1) is 26.9. The maximum Gasteiger partial charge on any atom is 0.416 e. The summed E-state index contributed by atoms with van der Waals surface area (Å²) in [7, 11) is 0. The minimum Gasteiger partial charge on any atom is -0.368 e. The molecule has 3 N–H and O–H groups in total. The van der Waals surface area contributed by atoms with Crippen LogP contribution >= 0.6 is 23.1 Å². The van der Waals surface area contributed by atoms with E-state index in [1.807, 2.05) is 0 Å². The molecule has 0 radical (unpaired) electrons. The van der Waals surface area contributed by atoms with E-state index in [4.69, 9.17) is 16.3 Å². The first-order valence-electron chi connectivity index (χ1n) is 11.9. The predicted octanol–water partition coefficient (Wildman–Crippen LogP) is 6.15. The fourth-order valence-corrected chi connectivity index (χ4v) is 5.01. The molecule has 2 amide bonds. The Balaban J connectivity index is 1.30. The number of nitrogens with zero attached hydrogens (tertiary/aromatic N) is 2. The van der Waals surface area contributed by atoms with Crippen molar-refractivity contribution in [3.05, 3.63) is 76.4 Å². The van der Waals surface area contributed by atoms with Crippen LogP contribution in [0.1, 0.15) is 34.3 Å². The second kappa shape index (κ2) is 11.2.